The molecule has 0 saturated carbocycles. The molecule has 1 fully saturated rings. The van der Waals surface area contributed by atoms with Gasteiger partial charge in [0.1, 0.15) is 0 Å². The van der Waals surface area contributed by atoms with Crippen molar-refractivity contribution in [3.8, 4) is 0 Å². The van der Waals surface area contributed by atoms with Gasteiger partial charge in [0, 0.05) is 12.6 Å². The molecule has 1 rings (SSSR count). The van der Waals surface area contributed by atoms with Gasteiger partial charge >= 0.3 is 0 Å². The Morgan fingerprint density at radius 1 is 1.64 bits per heavy atom. The number of piperidine rings is 1. The lowest BCUT2D eigenvalue weighted by Crippen LogP contribution is -2.46. The van der Waals surface area contributed by atoms with Gasteiger partial charge in [-0.05, 0) is 25.8 Å². The van der Waals surface area contributed by atoms with Crippen molar-refractivity contribution in [3.63, 3.8) is 0 Å². The van der Waals surface area contributed by atoms with Crippen molar-refractivity contribution >= 4 is 5.91 Å². The third kappa shape index (κ3) is 3.27. The first kappa shape index (κ1) is 11.5. The van der Waals surface area contributed by atoms with E-state index in [1.165, 1.54) is 0 Å². The Kier molecular flexibility index (Phi) is 4.35. The highest BCUT2D eigenvalue weighted by Crippen LogP contribution is 2.15. The summed E-state index contributed by atoms with van der Waals surface area (Å²) in [6, 6.07) is -0.139. The zero-order chi connectivity index (χ0) is 10.6. The number of carbonyl (C=O) groups is 1. The minimum Gasteiger partial charge on any atom is -0.394 e. The second-order valence-corrected chi connectivity index (χ2v) is 4.29. The SMILES string of the molecule is CC1CNCC(C(=O)NC(C)CO)C1. The molecule has 0 bridgehead atoms. The van der Waals surface area contributed by atoms with Crippen molar-refractivity contribution in [3.05, 3.63) is 0 Å². The molecule has 4 nitrogen and oxygen atoms in total. The molecule has 0 aromatic rings. The van der Waals surface area contributed by atoms with Gasteiger partial charge in [0.25, 0.3) is 0 Å². The van der Waals surface area contributed by atoms with Gasteiger partial charge in [-0.15, -0.1) is 0 Å². The largest absolute Gasteiger partial charge is 0.394 e. The summed E-state index contributed by atoms with van der Waals surface area (Å²) in [5.41, 5.74) is 0. The number of amides is 1. The Hall–Kier alpha value is -0.610. The standard InChI is InChI=1S/C10H20N2O2/c1-7-3-9(5-11-4-7)10(14)12-8(2)6-13/h7-9,11,13H,3-6H2,1-2H3,(H,12,14). The molecule has 1 aliphatic heterocycles. The summed E-state index contributed by atoms with van der Waals surface area (Å²) >= 11 is 0. The molecular weight excluding hydrogens is 180 g/mol. The van der Waals surface area contributed by atoms with Crippen molar-refractivity contribution in [2.45, 2.75) is 26.3 Å². The van der Waals surface area contributed by atoms with E-state index in [1.54, 1.807) is 6.92 Å². The molecule has 14 heavy (non-hydrogen) atoms. The molecule has 1 heterocycles. The Morgan fingerprint density at radius 3 is 2.93 bits per heavy atom. The number of nitrogens with one attached hydrogen (secondary N) is 2. The van der Waals surface area contributed by atoms with Crippen LogP contribution in [0.1, 0.15) is 20.3 Å². The molecule has 3 atom stereocenters. The molecule has 4 heteroatoms. The third-order valence-electron chi connectivity index (χ3n) is 2.60. The highest BCUT2D eigenvalue weighted by Gasteiger charge is 2.25. The van der Waals surface area contributed by atoms with Gasteiger partial charge in [0.15, 0.2) is 0 Å². The molecule has 0 spiro atoms. The van der Waals surface area contributed by atoms with Crippen LogP contribution < -0.4 is 10.6 Å². The maximum atomic E-state index is 11.7. The van der Waals surface area contributed by atoms with Gasteiger partial charge in [-0.1, -0.05) is 6.92 Å². The zero-order valence-electron chi connectivity index (χ0n) is 8.92. The average Bonchev–Trinajstić information content (AvgIpc) is 2.17. The fourth-order valence-corrected chi connectivity index (χ4v) is 1.76. The number of hydrogen-bond donors (Lipinski definition) is 3. The second-order valence-electron chi connectivity index (χ2n) is 4.29. The molecular formula is C10H20N2O2. The summed E-state index contributed by atoms with van der Waals surface area (Å²) in [7, 11) is 0. The van der Waals surface area contributed by atoms with E-state index in [9.17, 15) is 4.79 Å². The highest BCUT2D eigenvalue weighted by atomic mass is 16.3. The first-order valence-electron chi connectivity index (χ1n) is 5.25. The number of hydrogen-bond acceptors (Lipinski definition) is 3. The molecule has 3 unspecified atom stereocenters. The van der Waals surface area contributed by atoms with E-state index in [0.717, 1.165) is 19.5 Å². The molecule has 1 aliphatic rings. The molecule has 0 aromatic carbocycles. The van der Waals surface area contributed by atoms with E-state index < -0.39 is 0 Å². The van der Waals surface area contributed by atoms with Gasteiger partial charge in [0.2, 0.25) is 5.91 Å². The maximum absolute atomic E-state index is 11.7. The van der Waals surface area contributed by atoms with E-state index in [1.807, 2.05) is 0 Å². The predicted molar refractivity (Wildman–Crippen MR) is 54.8 cm³/mol. The van der Waals surface area contributed by atoms with Crippen LogP contribution in [-0.4, -0.2) is 36.8 Å². The smallest absolute Gasteiger partial charge is 0.224 e. The first-order valence-corrected chi connectivity index (χ1v) is 5.25. The number of rotatable bonds is 3. The van der Waals surface area contributed by atoms with Crippen molar-refractivity contribution in [2.24, 2.45) is 11.8 Å². The third-order valence-corrected chi connectivity index (χ3v) is 2.60. The Labute approximate surface area is 85.1 Å². The monoisotopic (exact) mass is 200 g/mol. The van der Waals surface area contributed by atoms with Crippen molar-refractivity contribution in [1.82, 2.24) is 10.6 Å². The van der Waals surface area contributed by atoms with Crippen LogP contribution in [0.15, 0.2) is 0 Å². The Bertz CT molecular complexity index is 197. The van der Waals surface area contributed by atoms with Crippen molar-refractivity contribution < 1.29 is 9.90 Å². The highest BCUT2D eigenvalue weighted by molar-refractivity contribution is 5.79. The summed E-state index contributed by atoms with van der Waals surface area (Å²) < 4.78 is 0. The second kappa shape index (κ2) is 5.32. The van der Waals surface area contributed by atoms with Crippen LogP contribution in [0.2, 0.25) is 0 Å². The average molecular weight is 200 g/mol. The van der Waals surface area contributed by atoms with E-state index in [-0.39, 0.29) is 24.5 Å². The lowest BCUT2D eigenvalue weighted by atomic mass is 9.91. The van der Waals surface area contributed by atoms with Gasteiger partial charge < -0.3 is 15.7 Å². The summed E-state index contributed by atoms with van der Waals surface area (Å²) in [6.07, 6.45) is 0.941. The molecule has 0 radical (unpaired) electrons. The molecule has 0 aromatic heterocycles. The summed E-state index contributed by atoms with van der Waals surface area (Å²) in [5, 5.41) is 14.8. The molecule has 1 saturated heterocycles. The van der Waals surface area contributed by atoms with Gasteiger partial charge in [-0.2, -0.15) is 0 Å². The minimum absolute atomic E-state index is 0.00143. The van der Waals surface area contributed by atoms with Gasteiger partial charge in [-0.25, -0.2) is 0 Å². The molecule has 1 amide bonds. The van der Waals surface area contributed by atoms with Gasteiger partial charge in [-0.3, -0.25) is 4.79 Å². The molecule has 3 N–H and O–H groups in total. The molecule has 0 aliphatic carbocycles. The first-order chi connectivity index (χ1) is 6.63. The van der Waals surface area contributed by atoms with E-state index in [4.69, 9.17) is 5.11 Å². The minimum atomic E-state index is -0.139. The van der Waals surface area contributed by atoms with Crippen LogP contribution in [0, 0.1) is 11.8 Å². The van der Waals surface area contributed by atoms with Crippen LogP contribution in [0.3, 0.4) is 0 Å². The van der Waals surface area contributed by atoms with E-state index >= 15 is 0 Å². The molecule has 82 valence electrons. The normalized spacial score (nSPS) is 29.6. The van der Waals surface area contributed by atoms with Crippen LogP contribution in [-0.2, 0) is 4.79 Å². The fourth-order valence-electron chi connectivity index (χ4n) is 1.76. The van der Waals surface area contributed by atoms with Crippen LogP contribution >= 0.6 is 0 Å². The van der Waals surface area contributed by atoms with Gasteiger partial charge in [0.05, 0.1) is 12.5 Å². The van der Waals surface area contributed by atoms with Crippen molar-refractivity contribution in [1.29, 1.82) is 0 Å². The summed E-state index contributed by atoms with van der Waals surface area (Å²) in [6.45, 7) is 5.70. The quantitative estimate of drug-likeness (QED) is 0.587. The fraction of sp³-hybridized carbons (Fsp3) is 0.900. The topological polar surface area (TPSA) is 61.4 Å². The maximum Gasteiger partial charge on any atom is 0.224 e. The Balaban J connectivity index is 2.36. The van der Waals surface area contributed by atoms with E-state index in [0.29, 0.717) is 5.92 Å². The summed E-state index contributed by atoms with van der Waals surface area (Å²) in [5.74, 6) is 0.683. The number of carbonyl (C=O) groups excluding carboxylic acids is 1. The van der Waals surface area contributed by atoms with Crippen LogP contribution in [0.5, 0.6) is 0 Å². The lowest BCUT2D eigenvalue weighted by molar-refractivity contribution is -0.126. The number of aliphatic hydroxyl groups is 1. The summed E-state index contributed by atoms with van der Waals surface area (Å²) in [4.78, 5) is 11.7. The number of aliphatic hydroxyl groups excluding tert-OH is 1. The van der Waals surface area contributed by atoms with Crippen LogP contribution in [0.25, 0.3) is 0 Å². The lowest BCUT2D eigenvalue weighted by Gasteiger charge is -2.27. The Morgan fingerprint density at radius 2 is 2.36 bits per heavy atom. The van der Waals surface area contributed by atoms with Crippen molar-refractivity contribution in [2.75, 3.05) is 19.7 Å². The van der Waals surface area contributed by atoms with E-state index in [2.05, 4.69) is 17.6 Å². The van der Waals surface area contributed by atoms with Crippen LogP contribution in [0.4, 0.5) is 0 Å². The zero-order valence-corrected chi connectivity index (χ0v) is 8.92. The predicted octanol–water partition coefficient (Wildman–Crippen LogP) is -0.271.